The summed E-state index contributed by atoms with van der Waals surface area (Å²) in [5.74, 6) is 0. The first-order valence-corrected chi connectivity index (χ1v) is 4.97. The van der Waals surface area contributed by atoms with Crippen LogP contribution in [0.3, 0.4) is 0 Å². The normalized spacial score (nSPS) is 16.6. The summed E-state index contributed by atoms with van der Waals surface area (Å²) in [5, 5.41) is 15.6. The quantitative estimate of drug-likeness (QED) is 0.691. The number of hydrogen-bond donors (Lipinski definition) is 2. The molecule has 1 aromatic rings. The molecule has 0 unspecified atom stereocenters. The van der Waals surface area contributed by atoms with Crippen LogP contribution in [0.5, 0.6) is 0 Å². The third kappa shape index (κ3) is 1.28. The van der Waals surface area contributed by atoms with Gasteiger partial charge in [-0.15, -0.1) is 11.3 Å². The summed E-state index contributed by atoms with van der Waals surface area (Å²) in [6.45, 7) is 2.06. The molecule has 0 bridgehead atoms. The molecule has 1 aliphatic rings. The lowest BCUT2D eigenvalue weighted by Crippen LogP contribution is -2.23. The lowest BCUT2D eigenvalue weighted by Gasteiger charge is -2.17. The van der Waals surface area contributed by atoms with E-state index >= 15 is 0 Å². The van der Waals surface area contributed by atoms with Gasteiger partial charge in [0.15, 0.2) is 0 Å². The van der Waals surface area contributed by atoms with Crippen molar-refractivity contribution in [1.82, 2.24) is 0 Å². The Morgan fingerprint density at radius 1 is 1.67 bits per heavy atom. The average Bonchev–Trinajstić information content (AvgIpc) is 2.46. The minimum Gasteiger partial charge on any atom is -0.383 e. The van der Waals surface area contributed by atoms with Crippen molar-refractivity contribution in [2.45, 2.75) is 6.42 Å². The van der Waals surface area contributed by atoms with Crippen LogP contribution in [-0.2, 0) is 0 Å². The van der Waals surface area contributed by atoms with Gasteiger partial charge in [0.2, 0.25) is 0 Å². The van der Waals surface area contributed by atoms with Crippen molar-refractivity contribution in [1.29, 1.82) is 0 Å². The van der Waals surface area contributed by atoms with Gasteiger partial charge >= 0.3 is 0 Å². The Labute approximate surface area is 75.6 Å². The smallest absolute Gasteiger partial charge is 0.116 e. The van der Waals surface area contributed by atoms with Gasteiger partial charge in [-0.1, -0.05) is 0 Å². The van der Waals surface area contributed by atoms with E-state index in [1.807, 2.05) is 10.3 Å². The number of nitrogens with one attached hydrogen (secondary N) is 1. The van der Waals surface area contributed by atoms with Gasteiger partial charge in [-0.2, -0.15) is 0 Å². The molecule has 3 nitrogen and oxygen atoms in total. The summed E-state index contributed by atoms with van der Waals surface area (Å²) in [6, 6.07) is 2.06. The molecule has 1 aliphatic heterocycles. The molecule has 12 heavy (non-hydrogen) atoms. The number of nitrogens with zero attached hydrogens (tertiary/aromatic N) is 1. The topological polar surface area (TPSA) is 35.5 Å². The summed E-state index contributed by atoms with van der Waals surface area (Å²) in [6.07, 6.45) is 1.09. The number of anilines is 2. The van der Waals surface area contributed by atoms with Crippen molar-refractivity contribution in [2.75, 3.05) is 30.0 Å². The Morgan fingerprint density at radius 3 is 3.42 bits per heavy atom. The standard InChI is InChI=1S/C8H12N2OS/c11-6-10-4-1-3-9-7-2-5-12-8(7)10/h2,5,9,11H,1,3-4,6H2. The van der Waals surface area contributed by atoms with Gasteiger partial charge < -0.3 is 15.3 Å². The van der Waals surface area contributed by atoms with Crippen LogP contribution < -0.4 is 10.2 Å². The number of aliphatic hydroxyl groups excluding tert-OH is 1. The molecule has 66 valence electrons. The summed E-state index contributed by atoms with van der Waals surface area (Å²) in [5.41, 5.74) is 1.16. The fraction of sp³-hybridized carbons (Fsp3) is 0.500. The molecule has 0 spiro atoms. The molecule has 2 rings (SSSR count). The minimum absolute atomic E-state index is 0.120. The number of rotatable bonds is 1. The molecular weight excluding hydrogens is 172 g/mol. The van der Waals surface area contributed by atoms with Crippen LogP contribution >= 0.6 is 11.3 Å². The monoisotopic (exact) mass is 184 g/mol. The Bertz CT molecular complexity index is 261. The third-order valence-electron chi connectivity index (χ3n) is 2.02. The second-order valence-corrected chi connectivity index (χ2v) is 3.72. The number of aliphatic hydroxyl groups is 1. The maximum atomic E-state index is 9.09. The predicted octanol–water partition coefficient (Wildman–Crippen LogP) is 1.32. The fourth-order valence-electron chi connectivity index (χ4n) is 1.41. The molecule has 1 aromatic heterocycles. The molecule has 0 atom stereocenters. The van der Waals surface area contributed by atoms with Crippen molar-refractivity contribution in [3.05, 3.63) is 11.4 Å². The van der Waals surface area contributed by atoms with Crippen LogP contribution in [-0.4, -0.2) is 24.9 Å². The molecule has 0 amide bonds. The van der Waals surface area contributed by atoms with Gasteiger partial charge in [0.1, 0.15) is 11.7 Å². The van der Waals surface area contributed by atoms with E-state index in [1.165, 1.54) is 0 Å². The van der Waals surface area contributed by atoms with Gasteiger partial charge in [0.05, 0.1) is 5.69 Å². The highest BCUT2D eigenvalue weighted by Crippen LogP contribution is 2.33. The average molecular weight is 184 g/mol. The Kier molecular flexibility index (Phi) is 2.19. The van der Waals surface area contributed by atoms with Crippen LogP contribution in [0.1, 0.15) is 6.42 Å². The first kappa shape index (κ1) is 7.89. The molecule has 0 saturated carbocycles. The van der Waals surface area contributed by atoms with Crippen molar-refractivity contribution in [3.63, 3.8) is 0 Å². The minimum atomic E-state index is 0.120. The Hall–Kier alpha value is -0.740. The van der Waals surface area contributed by atoms with Crippen LogP contribution in [0, 0.1) is 0 Å². The molecule has 2 N–H and O–H groups in total. The summed E-state index contributed by atoms with van der Waals surface area (Å²) < 4.78 is 0. The first-order chi connectivity index (χ1) is 5.92. The van der Waals surface area contributed by atoms with Crippen molar-refractivity contribution >= 4 is 22.0 Å². The largest absolute Gasteiger partial charge is 0.383 e. The van der Waals surface area contributed by atoms with Gasteiger partial charge in [-0.25, -0.2) is 0 Å². The van der Waals surface area contributed by atoms with E-state index in [1.54, 1.807) is 11.3 Å². The van der Waals surface area contributed by atoms with Gasteiger partial charge in [0, 0.05) is 13.1 Å². The second-order valence-electron chi connectivity index (χ2n) is 2.82. The lowest BCUT2D eigenvalue weighted by atomic mass is 10.4. The number of thiophene rings is 1. The summed E-state index contributed by atoms with van der Waals surface area (Å²) >= 11 is 1.67. The molecule has 2 heterocycles. The molecule has 0 saturated heterocycles. The number of hydrogen-bond acceptors (Lipinski definition) is 4. The SMILES string of the molecule is OCN1CCCNc2ccsc21. The van der Waals surface area contributed by atoms with Crippen LogP contribution in [0.2, 0.25) is 0 Å². The van der Waals surface area contributed by atoms with E-state index in [4.69, 9.17) is 5.11 Å². The zero-order valence-electron chi connectivity index (χ0n) is 6.79. The summed E-state index contributed by atoms with van der Waals surface area (Å²) in [4.78, 5) is 2.00. The molecule has 0 fully saturated rings. The van der Waals surface area contributed by atoms with E-state index in [-0.39, 0.29) is 6.73 Å². The van der Waals surface area contributed by atoms with Crippen molar-refractivity contribution in [3.8, 4) is 0 Å². The van der Waals surface area contributed by atoms with E-state index in [9.17, 15) is 0 Å². The van der Waals surface area contributed by atoms with Gasteiger partial charge in [0.25, 0.3) is 0 Å². The first-order valence-electron chi connectivity index (χ1n) is 4.09. The van der Waals surface area contributed by atoms with Crippen molar-refractivity contribution in [2.24, 2.45) is 0 Å². The zero-order chi connectivity index (χ0) is 8.39. The molecule has 0 radical (unpaired) electrons. The van der Waals surface area contributed by atoms with Crippen LogP contribution in [0.25, 0.3) is 0 Å². The second kappa shape index (κ2) is 3.33. The highest BCUT2D eigenvalue weighted by molar-refractivity contribution is 7.14. The number of fused-ring (bicyclic) bond motifs is 1. The Morgan fingerprint density at radius 2 is 2.58 bits per heavy atom. The third-order valence-corrected chi connectivity index (χ3v) is 3.00. The van der Waals surface area contributed by atoms with E-state index in [0.29, 0.717) is 0 Å². The molecular formula is C8H12N2OS. The Balaban J connectivity index is 2.29. The van der Waals surface area contributed by atoms with E-state index < -0.39 is 0 Å². The highest BCUT2D eigenvalue weighted by atomic mass is 32.1. The molecule has 4 heteroatoms. The molecule has 0 aromatic carbocycles. The van der Waals surface area contributed by atoms with Crippen LogP contribution in [0.15, 0.2) is 11.4 Å². The van der Waals surface area contributed by atoms with Gasteiger partial charge in [-0.3, -0.25) is 0 Å². The lowest BCUT2D eigenvalue weighted by molar-refractivity contribution is 0.292. The van der Waals surface area contributed by atoms with Crippen molar-refractivity contribution < 1.29 is 5.11 Å². The molecule has 0 aliphatic carbocycles. The summed E-state index contributed by atoms with van der Waals surface area (Å²) in [7, 11) is 0. The maximum Gasteiger partial charge on any atom is 0.116 e. The fourth-order valence-corrected chi connectivity index (χ4v) is 2.31. The zero-order valence-corrected chi connectivity index (χ0v) is 7.60. The van der Waals surface area contributed by atoms with Gasteiger partial charge in [-0.05, 0) is 17.9 Å². The maximum absolute atomic E-state index is 9.09. The van der Waals surface area contributed by atoms with E-state index in [2.05, 4.69) is 11.4 Å². The van der Waals surface area contributed by atoms with E-state index in [0.717, 1.165) is 30.2 Å². The predicted molar refractivity (Wildman–Crippen MR) is 51.9 cm³/mol. The highest BCUT2D eigenvalue weighted by Gasteiger charge is 2.14. The van der Waals surface area contributed by atoms with Crippen LogP contribution in [0.4, 0.5) is 10.7 Å².